The van der Waals surface area contributed by atoms with Crippen LogP contribution in [-0.2, 0) is 0 Å². The lowest BCUT2D eigenvalue weighted by atomic mass is 9.90. The maximum Gasteiger partial charge on any atom is 0.147 e. The highest BCUT2D eigenvalue weighted by atomic mass is 19.1. The molecule has 0 fully saturated rings. The quantitative estimate of drug-likeness (QED) is 0.0995. The molecule has 358 valence electrons. The Morgan fingerprint density at radius 2 is 0.541 bits per heavy atom. The Balaban J connectivity index is 1.04. The normalized spacial score (nSPS) is 11.5. The molecule has 0 unspecified atom stereocenters. The van der Waals surface area contributed by atoms with E-state index in [-0.39, 0.29) is 34.4 Å². The molecule has 2 nitrogen and oxygen atoms in total. The van der Waals surface area contributed by atoms with Crippen molar-refractivity contribution in [2.75, 3.05) is 9.80 Å². The maximum absolute atomic E-state index is 16.8. The summed E-state index contributed by atoms with van der Waals surface area (Å²) in [5.74, 6) is -2.91. The lowest BCUT2D eigenvalue weighted by molar-refractivity contribution is 0.619. The molecule has 0 aromatic heterocycles. The first-order valence-electron chi connectivity index (χ1n) is 24.1. The Morgan fingerprint density at radius 1 is 0.257 bits per heavy atom. The molecule has 0 aliphatic heterocycles. The molecule has 0 aliphatic rings. The van der Waals surface area contributed by atoms with E-state index in [1.807, 2.05) is 111 Å². The highest BCUT2D eigenvalue weighted by Crippen LogP contribution is 2.51. The first kappa shape index (κ1) is 46.0. The SMILES string of the molecule is Cc1ccc(F)c(N(c2cc(-c3ccc(-c4ccc(F)cc4)cc3)ccc2F)c2cc3cccc4c(N(c5cc(C)ccc5F)c5cc(-c6ccc(-c7ccc(F)cc7)cc6)ccc5F)cc5cccc2c5c34)c1. The predicted octanol–water partition coefficient (Wildman–Crippen LogP) is 19.6. The largest absolute Gasteiger partial charge is 0.304 e. The topological polar surface area (TPSA) is 6.48 Å². The summed E-state index contributed by atoms with van der Waals surface area (Å²) in [5, 5.41) is 4.44. The number of hydrogen-bond acceptors (Lipinski definition) is 2. The second-order valence-corrected chi connectivity index (χ2v) is 18.7. The highest BCUT2D eigenvalue weighted by Gasteiger charge is 2.28. The van der Waals surface area contributed by atoms with E-state index in [0.717, 1.165) is 66.1 Å². The predicted molar refractivity (Wildman–Crippen MR) is 290 cm³/mol. The van der Waals surface area contributed by atoms with Crippen LogP contribution in [0.1, 0.15) is 11.1 Å². The van der Waals surface area contributed by atoms with E-state index in [4.69, 9.17) is 0 Å². The summed E-state index contributed by atoms with van der Waals surface area (Å²) < 4.78 is 94.3. The van der Waals surface area contributed by atoms with Crippen molar-refractivity contribution in [3.63, 3.8) is 0 Å². The Morgan fingerprint density at radius 3 is 0.892 bits per heavy atom. The summed E-state index contributed by atoms with van der Waals surface area (Å²) in [6.45, 7) is 3.72. The minimum absolute atomic E-state index is 0.117. The van der Waals surface area contributed by atoms with Crippen molar-refractivity contribution in [3.8, 4) is 44.5 Å². The molecule has 12 rings (SSSR count). The number of hydrogen-bond donors (Lipinski definition) is 0. The van der Waals surface area contributed by atoms with Gasteiger partial charge in [-0.2, -0.15) is 0 Å². The Bertz CT molecular complexity index is 3830. The lowest BCUT2D eigenvalue weighted by Crippen LogP contribution is -2.15. The highest BCUT2D eigenvalue weighted by molar-refractivity contribution is 6.29. The summed E-state index contributed by atoms with van der Waals surface area (Å²) in [6, 6.07) is 62.4. The zero-order chi connectivity index (χ0) is 50.8. The van der Waals surface area contributed by atoms with Gasteiger partial charge in [0.25, 0.3) is 0 Å². The van der Waals surface area contributed by atoms with Crippen molar-refractivity contribution in [1.29, 1.82) is 0 Å². The second-order valence-electron chi connectivity index (χ2n) is 18.7. The smallest absolute Gasteiger partial charge is 0.147 e. The fraction of sp³-hybridized carbons (Fsp3) is 0.0303. The van der Waals surface area contributed by atoms with Crippen molar-refractivity contribution in [2.45, 2.75) is 13.8 Å². The van der Waals surface area contributed by atoms with Gasteiger partial charge >= 0.3 is 0 Å². The van der Waals surface area contributed by atoms with Crippen LogP contribution in [0.15, 0.2) is 218 Å². The van der Waals surface area contributed by atoms with Crippen LogP contribution in [0.3, 0.4) is 0 Å². The van der Waals surface area contributed by atoms with Gasteiger partial charge in [-0.25, -0.2) is 26.3 Å². The van der Waals surface area contributed by atoms with Gasteiger partial charge in [0, 0.05) is 10.8 Å². The molecule has 0 saturated carbocycles. The van der Waals surface area contributed by atoms with Crippen LogP contribution in [0.2, 0.25) is 0 Å². The van der Waals surface area contributed by atoms with E-state index in [0.29, 0.717) is 33.3 Å². The average molecular weight is 977 g/mol. The third-order valence-electron chi connectivity index (χ3n) is 13.9. The average Bonchev–Trinajstić information content (AvgIpc) is 3.42. The fourth-order valence-corrected chi connectivity index (χ4v) is 10.3. The van der Waals surface area contributed by atoms with Gasteiger partial charge in [0.05, 0.1) is 34.1 Å². The zero-order valence-electron chi connectivity index (χ0n) is 39.9. The molecule has 0 atom stereocenters. The number of rotatable bonds is 10. The van der Waals surface area contributed by atoms with Crippen LogP contribution in [0.25, 0.3) is 76.8 Å². The second kappa shape index (κ2) is 18.5. The molecule has 12 aromatic rings. The molecule has 8 heteroatoms. The monoisotopic (exact) mass is 976 g/mol. The van der Waals surface area contributed by atoms with Crippen LogP contribution >= 0.6 is 0 Å². The van der Waals surface area contributed by atoms with Gasteiger partial charge in [-0.05, 0) is 176 Å². The Hall–Kier alpha value is -9.14. The number of benzene rings is 12. The lowest BCUT2D eigenvalue weighted by Gasteiger charge is -2.31. The van der Waals surface area contributed by atoms with E-state index >= 15 is 17.6 Å². The van der Waals surface area contributed by atoms with Crippen molar-refractivity contribution in [3.05, 3.63) is 264 Å². The molecule has 0 saturated heterocycles. The van der Waals surface area contributed by atoms with Crippen LogP contribution in [-0.4, -0.2) is 0 Å². The van der Waals surface area contributed by atoms with E-state index in [1.54, 1.807) is 82.6 Å². The molecule has 0 radical (unpaired) electrons. The van der Waals surface area contributed by atoms with Gasteiger partial charge in [-0.3, -0.25) is 0 Å². The van der Waals surface area contributed by atoms with Crippen molar-refractivity contribution in [1.82, 2.24) is 0 Å². The van der Waals surface area contributed by atoms with Crippen molar-refractivity contribution < 1.29 is 26.3 Å². The van der Waals surface area contributed by atoms with Crippen molar-refractivity contribution >= 4 is 66.4 Å². The van der Waals surface area contributed by atoms with Crippen LogP contribution in [0, 0.1) is 48.8 Å². The van der Waals surface area contributed by atoms with Gasteiger partial charge in [0.15, 0.2) is 0 Å². The molecular weight excluding hydrogens is 935 g/mol. The zero-order valence-corrected chi connectivity index (χ0v) is 39.9. The number of anilines is 6. The van der Waals surface area contributed by atoms with E-state index < -0.39 is 23.3 Å². The van der Waals surface area contributed by atoms with Crippen LogP contribution < -0.4 is 9.80 Å². The molecule has 0 N–H and O–H groups in total. The summed E-state index contributed by atoms with van der Waals surface area (Å²) in [4.78, 5) is 3.28. The van der Waals surface area contributed by atoms with Crippen LogP contribution in [0.4, 0.5) is 60.5 Å². The number of aryl methyl sites for hydroxylation is 2. The standard InChI is InChI=1S/C66H42F6N2/c1-39-9-29-55(69)61(33-39)73(63-35-47(23-31-57(63)71)45-15-11-41(12-16-45)43-19-25-51(67)26-20-43)59-37-49-5-4-8-54-60(38-50-6-3-7-53(59)65(50)66(49)54)74(62-34-40(2)10-30-56(62)70)64-36-48(24-32-58(64)72)46-17-13-42(14-18-46)44-21-27-52(68)28-22-44/h3-38H,1-2H3. The third kappa shape index (κ3) is 8.24. The Labute approximate surface area is 423 Å². The van der Waals surface area contributed by atoms with Gasteiger partial charge in [0.2, 0.25) is 0 Å². The third-order valence-corrected chi connectivity index (χ3v) is 13.9. The number of nitrogens with zero attached hydrogens (tertiary/aromatic N) is 2. The molecular formula is C66H42F6N2. The molecule has 74 heavy (non-hydrogen) atoms. The van der Waals surface area contributed by atoms with Gasteiger partial charge < -0.3 is 9.80 Å². The van der Waals surface area contributed by atoms with Gasteiger partial charge in [0.1, 0.15) is 34.9 Å². The van der Waals surface area contributed by atoms with Crippen molar-refractivity contribution in [2.24, 2.45) is 0 Å². The molecule has 0 heterocycles. The fourth-order valence-electron chi connectivity index (χ4n) is 10.3. The van der Waals surface area contributed by atoms with Gasteiger partial charge in [-0.1, -0.05) is 133 Å². The molecule has 0 aliphatic carbocycles. The Kier molecular flexibility index (Phi) is 11.5. The maximum atomic E-state index is 16.8. The molecule has 0 amide bonds. The molecule has 12 aromatic carbocycles. The summed E-state index contributed by atoms with van der Waals surface area (Å²) in [7, 11) is 0. The van der Waals surface area contributed by atoms with E-state index in [2.05, 4.69) is 0 Å². The first-order valence-corrected chi connectivity index (χ1v) is 24.1. The van der Waals surface area contributed by atoms with Crippen LogP contribution in [0.5, 0.6) is 0 Å². The molecule has 0 spiro atoms. The van der Waals surface area contributed by atoms with Gasteiger partial charge in [-0.15, -0.1) is 0 Å². The molecule has 0 bridgehead atoms. The summed E-state index contributed by atoms with van der Waals surface area (Å²) >= 11 is 0. The number of halogens is 6. The minimum atomic E-state index is -0.575. The first-order chi connectivity index (χ1) is 35.9. The summed E-state index contributed by atoms with van der Waals surface area (Å²) in [6.07, 6.45) is 0. The van der Waals surface area contributed by atoms with E-state index in [1.165, 1.54) is 48.5 Å². The summed E-state index contributed by atoms with van der Waals surface area (Å²) in [5.41, 5.74) is 9.50. The minimum Gasteiger partial charge on any atom is -0.304 e. The van der Waals surface area contributed by atoms with E-state index in [9.17, 15) is 8.78 Å².